The molecule has 0 spiro atoms. The highest BCUT2D eigenvalue weighted by Crippen LogP contribution is 2.43. The normalized spacial score (nSPS) is 24.6. The number of aromatic hydroxyl groups is 1. The van der Waals surface area contributed by atoms with Crippen molar-refractivity contribution in [1.29, 1.82) is 0 Å². The number of hydrogen-bond acceptors (Lipinski definition) is 3. The molecule has 0 amide bonds. The molecule has 0 radical (unpaired) electrons. The Morgan fingerprint density at radius 1 is 1.30 bits per heavy atom. The van der Waals surface area contributed by atoms with Gasteiger partial charge >= 0.3 is 0 Å². The molecule has 0 aliphatic heterocycles. The van der Waals surface area contributed by atoms with Crippen molar-refractivity contribution in [3.63, 3.8) is 0 Å². The van der Waals surface area contributed by atoms with Gasteiger partial charge in [-0.15, -0.1) is 0 Å². The Balaban J connectivity index is 1.79. The number of benzene rings is 1. The number of rotatable bonds is 6. The van der Waals surface area contributed by atoms with E-state index >= 15 is 0 Å². The van der Waals surface area contributed by atoms with E-state index in [0.717, 1.165) is 19.6 Å². The van der Waals surface area contributed by atoms with E-state index in [-0.39, 0.29) is 5.41 Å². The topological polar surface area (TPSA) is 41.5 Å². The van der Waals surface area contributed by atoms with E-state index in [9.17, 15) is 5.11 Å². The number of hydrogen-bond donors (Lipinski definition) is 2. The number of nitrogens with one attached hydrogen (secondary N) is 1. The van der Waals surface area contributed by atoms with Crippen LogP contribution in [0, 0.1) is 11.3 Å². The summed E-state index contributed by atoms with van der Waals surface area (Å²) in [7, 11) is 0. The van der Waals surface area contributed by atoms with Gasteiger partial charge in [0.1, 0.15) is 5.75 Å². The second kappa shape index (κ2) is 6.15. The highest BCUT2D eigenvalue weighted by atomic mass is 16.5. The van der Waals surface area contributed by atoms with E-state index in [0.29, 0.717) is 23.8 Å². The molecule has 2 N–H and O–H groups in total. The number of phenolic OH excluding ortho intramolecular Hbond substituents is 1. The molecule has 2 atom stereocenters. The molecule has 0 bridgehead atoms. The lowest BCUT2D eigenvalue weighted by Crippen LogP contribution is -2.60. The van der Waals surface area contributed by atoms with Crippen molar-refractivity contribution in [2.45, 2.75) is 52.8 Å². The van der Waals surface area contributed by atoms with Gasteiger partial charge in [0.2, 0.25) is 0 Å². The smallest absolute Gasteiger partial charge is 0.115 e. The number of ether oxygens (including phenoxy) is 1. The average Bonchev–Trinajstić information content (AvgIpc) is 2.38. The van der Waals surface area contributed by atoms with E-state index < -0.39 is 0 Å². The van der Waals surface area contributed by atoms with Crippen molar-refractivity contribution in [2.24, 2.45) is 11.3 Å². The van der Waals surface area contributed by atoms with Crippen molar-refractivity contribution in [2.75, 3.05) is 6.61 Å². The molecule has 1 aliphatic carbocycles. The largest absolute Gasteiger partial charge is 0.508 e. The molecule has 0 aromatic heterocycles. The van der Waals surface area contributed by atoms with Crippen LogP contribution in [0.2, 0.25) is 0 Å². The van der Waals surface area contributed by atoms with Gasteiger partial charge in [0.15, 0.2) is 0 Å². The zero-order chi connectivity index (χ0) is 14.8. The highest BCUT2D eigenvalue weighted by molar-refractivity contribution is 5.25. The molecule has 1 aromatic rings. The van der Waals surface area contributed by atoms with Gasteiger partial charge in [0, 0.05) is 24.6 Å². The molecular formula is C17H27NO2. The fourth-order valence-electron chi connectivity index (χ4n) is 2.68. The van der Waals surface area contributed by atoms with Crippen LogP contribution in [0.5, 0.6) is 5.75 Å². The average molecular weight is 277 g/mol. The summed E-state index contributed by atoms with van der Waals surface area (Å²) in [6, 6.07) is 7.88. The molecule has 3 heteroatoms. The Bertz CT molecular complexity index is 425. The van der Waals surface area contributed by atoms with Crippen LogP contribution in [0.3, 0.4) is 0 Å². The fourth-order valence-corrected chi connectivity index (χ4v) is 2.68. The molecule has 0 heterocycles. The van der Waals surface area contributed by atoms with Gasteiger partial charge < -0.3 is 15.2 Å². The Kier molecular flexibility index (Phi) is 4.71. The van der Waals surface area contributed by atoms with Crippen molar-refractivity contribution in [3.8, 4) is 5.75 Å². The van der Waals surface area contributed by atoms with Crippen LogP contribution in [0.1, 0.15) is 39.7 Å². The monoisotopic (exact) mass is 277 g/mol. The first-order valence-corrected chi connectivity index (χ1v) is 7.52. The molecule has 2 unspecified atom stereocenters. The van der Waals surface area contributed by atoms with Gasteiger partial charge in [-0.1, -0.05) is 39.8 Å². The Morgan fingerprint density at radius 3 is 2.50 bits per heavy atom. The van der Waals surface area contributed by atoms with Crippen molar-refractivity contribution in [3.05, 3.63) is 29.8 Å². The summed E-state index contributed by atoms with van der Waals surface area (Å²) in [6.07, 6.45) is 1.44. The third-order valence-electron chi connectivity index (χ3n) is 4.30. The van der Waals surface area contributed by atoms with Crippen LogP contribution in [0.25, 0.3) is 0 Å². The van der Waals surface area contributed by atoms with Gasteiger partial charge in [-0.25, -0.2) is 0 Å². The summed E-state index contributed by atoms with van der Waals surface area (Å²) in [6.45, 7) is 10.6. The molecule has 20 heavy (non-hydrogen) atoms. The van der Waals surface area contributed by atoms with Gasteiger partial charge in [0.25, 0.3) is 0 Å². The van der Waals surface area contributed by atoms with E-state index in [1.807, 2.05) is 12.1 Å². The Hall–Kier alpha value is -1.06. The number of phenols is 1. The summed E-state index contributed by atoms with van der Waals surface area (Å²) in [5.74, 6) is 0.912. The molecule has 1 saturated carbocycles. The van der Waals surface area contributed by atoms with Crippen LogP contribution >= 0.6 is 0 Å². The lowest BCUT2D eigenvalue weighted by molar-refractivity contribution is -0.124. The molecule has 1 aromatic carbocycles. The third kappa shape index (κ3) is 3.53. The summed E-state index contributed by atoms with van der Waals surface area (Å²) in [5.41, 5.74) is 1.39. The van der Waals surface area contributed by atoms with E-state index in [4.69, 9.17) is 4.74 Å². The summed E-state index contributed by atoms with van der Waals surface area (Å²) < 4.78 is 5.98. The summed E-state index contributed by atoms with van der Waals surface area (Å²) in [4.78, 5) is 0. The third-order valence-corrected chi connectivity index (χ3v) is 4.30. The first-order valence-electron chi connectivity index (χ1n) is 7.52. The lowest BCUT2D eigenvalue weighted by atomic mass is 9.64. The van der Waals surface area contributed by atoms with Gasteiger partial charge in [-0.3, -0.25) is 0 Å². The zero-order valence-corrected chi connectivity index (χ0v) is 13.0. The maximum Gasteiger partial charge on any atom is 0.115 e. The van der Waals surface area contributed by atoms with Crippen molar-refractivity contribution < 1.29 is 9.84 Å². The second-order valence-electron chi connectivity index (χ2n) is 6.87. The minimum atomic E-state index is 0.186. The van der Waals surface area contributed by atoms with Gasteiger partial charge in [-0.2, -0.15) is 0 Å². The standard InChI is InChI=1S/C17H27NO2/c1-12(2)11-20-16-9-15(17(16,3)4)18-10-13-5-7-14(19)8-6-13/h5-8,12,15-16,18-19H,9-11H2,1-4H3. The molecule has 2 rings (SSSR count). The van der Waals surface area contributed by atoms with Crippen LogP contribution < -0.4 is 5.32 Å². The maximum absolute atomic E-state index is 9.28. The Morgan fingerprint density at radius 2 is 1.95 bits per heavy atom. The molecular weight excluding hydrogens is 250 g/mol. The predicted octanol–water partition coefficient (Wildman–Crippen LogP) is 3.32. The first-order chi connectivity index (χ1) is 9.39. The van der Waals surface area contributed by atoms with E-state index in [1.54, 1.807) is 12.1 Å². The zero-order valence-electron chi connectivity index (χ0n) is 13.0. The Labute approximate surface area is 122 Å². The maximum atomic E-state index is 9.28. The molecule has 3 nitrogen and oxygen atoms in total. The first kappa shape index (κ1) is 15.3. The molecule has 1 fully saturated rings. The predicted molar refractivity (Wildman–Crippen MR) is 81.7 cm³/mol. The quantitative estimate of drug-likeness (QED) is 0.838. The SMILES string of the molecule is CC(C)COC1CC(NCc2ccc(O)cc2)C1(C)C. The molecule has 112 valence electrons. The van der Waals surface area contributed by atoms with E-state index in [2.05, 4.69) is 33.0 Å². The summed E-state index contributed by atoms with van der Waals surface area (Å²) >= 11 is 0. The highest BCUT2D eigenvalue weighted by Gasteiger charge is 2.48. The van der Waals surface area contributed by atoms with E-state index in [1.165, 1.54) is 5.56 Å². The van der Waals surface area contributed by atoms with Crippen LogP contribution in [0.4, 0.5) is 0 Å². The van der Waals surface area contributed by atoms with Crippen LogP contribution in [0.15, 0.2) is 24.3 Å². The molecule has 0 saturated heterocycles. The van der Waals surface area contributed by atoms with Crippen molar-refractivity contribution >= 4 is 0 Å². The van der Waals surface area contributed by atoms with Gasteiger partial charge in [-0.05, 0) is 30.0 Å². The van der Waals surface area contributed by atoms with Gasteiger partial charge in [0.05, 0.1) is 6.10 Å². The lowest BCUT2D eigenvalue weighted by Gasteiger charge is -2.52. The second-order valence-corrected chi connectivity index (χ2v) is 6.87. The minimum absolute atomic E-state index is 0.186. The van der Waals surface area contributed by atoms with Crippen LogP contribution in [-0.4, -0.2) is 23.9 Å². The van der Waals surface area contributed by atoms with Crippen molar-refractivity contribution in [1.82, 2.24) is 5.32 Å². The minimum Gasteiger partial charge on any atom is -0.508 e. The summed E-state index contributed by atoms with van der Waals surface area (Å²) in [5, 5.41) is 12.9. The molecule has 1 aliphatic rings. The fraction of sp³-hybridized carbons (Fsp3) is 0.647. The van der Waals surface area contributed by atoms with Crippen LogP contribution in [-0.2, 0) is 11.3 Å².